The van der Waals surface area contributed by atoms with Crippen molar-refractivity contribution in [2.45, 2.75) is 26.2 Å². The smallest absolute Gasteiger partial charge is 0.193 e. The molecule has 0 aromatic rings. The summed E-state index contributed by atoms with van der Waals surface area (Å²) in [6, 6.07) is 0. The average Bonchev–Trinajstić information content (AvgIpc) is 2.92. The lowest BCUT2D eigenvalue weighted by Gasteiger charge is -2.29. The number of methoxy groups -OCH3 is 1. The predicted molar refractivity (Wildman–Crippen MR) is 103 cm³/mol. The molecule has 0 amide bonds. The van der Waals surface area contributed by atoms with Gasteiger partial charge in [0.15, 0.2) is 5.96 Å². The van der Waals surface area contributed by atoms with Crippen LogP contribution in [0, 0.1) is 11.8 Å². The van der Waals surface area contributed by atoms with Gasteiger partial charge in [-0.1, -0.05) is 0 Å². The Bertz CT molecular complexity index is 340. The van der Waals surface area contributed by atoms with Crippen LogP contribution in [-0.4, -0.2) is 75.8 Å². The molecular weight excluding hydrogens is 391 g/mol. The molecule has 2 saturated heterocycles. The van der Waals surface area contributed by atoms with Crippen LogP contribution in [0.25, 0.3) is 0 Å². The van der Waals surface area contributed by atoms with Crippen molar-refractivity contribution in [1.29, 1.82) is 0 Å². The minimum absolute atomic E-state index is 0. The first-order valence-corrected chi connectivity index (χ1v) is 8.43. The number of rotatable bonds is 5. The van der Waals surface area contributed by atoms with Crippen LogP contribution >= 0.6 is 24.0 Å². The fraction of sp³-hybridized carbons (Fsp3) is 0.938. The summed E-state index contributed by atoms with van der Waals surface area (Å²) < 4.78 is 5.29. The molecule has 2 atom stereocenters. The highest BCUT2D eigenvalue weighted by atomic mass is 127. The molecular formula is C16H33IN4O. The normalized spacial score (nSPS) is 26.9. The van der Waals surface area contributed by atoms with Gasteiger partial charge in [0.1, 0.15) is 0 Å². The van der Waals surface area contributed by atoms with Crippen LogP contribution in [0.4, 0.5) is 0 Å². The van der Waals surface area contributed by atoms with Gasteiger partial charge in [-0.2, -0.15) is 0 Å². The monoisotopic (exact) mass is 424 g/mol. The van der Waals surface area contributed by atoms with Gasteiger partial charge in [-0.25, -0.2) is 0 Å². The molecule has 0 spiro atoms. The molecule has 5 nitrogen and oxygen atoms in total. The molecule has 2 unspecified atom stereocenters. The molecule has 130 valence electrons. The number of likely N-dealkylation sites (tertiary alicyclic amines) is 2. The van der Waals surface area contributed by atoms with Gasteiger partial charge >= 0.3 is 0 Å². The summed E-state index contributed by atoms with van der Waals surface area (Å²) in [5.74, 6) is 2.47. The van der Waals surface area contributed by atoms with Crippen LogP contribution in [-0.2, 0) is 4.74 Å². The molecule has 2 rings (SSSR count). The number of nitrogens with zero attached hydrogens (tertiary/aromatic N) is 3. The Balaban J connectivity index is 0.00000242. The first-order valence-electron chi connectivity index (χ1n) is 8.43. The number of nitrogens with one attached hydrogen (secondary N) is 1. The van der Waals surface area contributed by atoms with E-state index >= 15 is 0 Å². The zero-order chi connectivity index (χ0) is 15.1. The van der Waals surface area contributed by atoms with Gasteiger partial charge in [-0.3, -0.25) is 4.99 Å². The molecule has 6 heteroatoms. The summed E-state index contributed by atoms with van der Waals surface area (Å²) in [6.45, 7) is 9.51. The van der Waals surface area contributed by atoms with E-state index in [0.29, 0.717) is 5.92 Å². The summed E-state index contributed by atoms with van der Waals surface area (Å²) in [7, 11) is 4.01. The van der Waals surface area contributed by atoms with E-state index in [9.17, 15) is 0 Å². The molecule has 0 saturated carbocycles. The van der Waals surface area contributed by atoms with Crippen LogP contribution in [0.5, 0.6) is 0 Å². The Morgan fingerprint density at radius 2 is 2.05 bits per heavy atom. The maximum Gasteiger partial charge on any atom is 0.193 e. The summed E-state index contributed by atoms with van der Waals surface area (Å²) in [4.78, 5) is 9.75. The zero-order valence-corrected chi connectivity index (χ0v) is 16.7. The van der Waals surface area contributed by atoms with E-state index in [1.807, 2.05) is 0 Å². The summed E-state index contributed by atoms with van der Waals surface area (Å²) in [5.41, 5.74) is 0. The van der Waals surface area contributed by atoms with Crippen molar-refractivity contribution in [2.24, 2.45) is 16.8 Å². The van der Waals surface area contributed by atoms with Gasteiger partial charge < -0.3 is 19.9 Å². The van der Waals surface area contributed by atoms with E-state index in [2.05, 4.69) is 29.1 Å². The zero-order valence-electron chi connectivity index (χ0n) is 14.4. The topological polar surface area (TPSA) is 40.1 Å². The van der Waals surface area contributed by atoms with Crippen molar-refractivity contribution in [3.05, 3.63) is 0 Å². The lowest BCUT2D eigenvalue weighted by atomic mass is 9.99. The number of hydrogen-bond donors (Lipinski definition) is 1. The molecule has 2 fully saturated rings. The average molecular weight is 424 g/mol. The molecule has 0 aromatic heterocycles. The van der Waals surface area contributed by atoms with Crippen molar-refractivity contribution in [2.75, 3.05) is 60.0 Å². The van der Waals surface area contributed by atoms with Crippen molar-refractivity contribution in [3.8, 4) is 0 Å². The molecule has 2 heterocycles. The Morgan fingerprint density at radius 3 is 2.73 bits per heavy atom. The third-order valence-corrected chi connectivity index (χ3v) is 4.54. The van der Waals surface area contributed by atoms with Gasteiger partial charge in [-0.15, -0.1) is 24.0 Å². The number of piperidine rings is 1. The Kier molecular flexibility index (Phi) is 9.66. The number of guanidine groups is 1. The highest BCUT2D eigenvalue weighted by Gasteiger charge is 2.25. The van der Waals surface area contributed by atoms with Crippen molar-refractivity contribution >= 4 is 29.9 Å². The molecule has 2 aliphatic rings. The number of ether oxygens (including phenoxy) is 1. The second-order valence-electron chi connectivity index (χ2n) is 6.52. The van der Waals surface area contributed by atoms with E-state index in [0.717, 1.165) is 44.7 Å². The van der Waals surface area contributed by atoms with Gasteiger partial charge in [0.2, 0.25) is 0 Å². The minimum atomic E-state index is 0. The van der Waals surface area contributed by atoms with E-state index in [1.165, 1.54) is 32.4 Å². The SMILES string of the molecule is CCNC(=NCC1CCCN(C)C1)N1CCC(COC)C1.I. The second-order valence-corrected chi connectivity index (χ2v) is 6.52. The van der Waals surface area contributed by atoms with Gasteiger partial charge in [0.05, 0.1) is 6.61 Å². The maximum atomic E-state index is 5.29. The molecule has 0 aromatic carbocycles. The van der Waals surface area contributed by atoms with Crippen LogP contribution in [0.15, 0.2) is 4.99 Å². The first kappa shape index (κ1) is 20.0. The van der Waals surface area contributed by atoms with Gasteiger partial charge in [0.25, 0.3) is 0 Å². The second kappa shape index (κ2) is 10.6. The third kappa shape index (κ3) is 6.20. The number of hydrogen-bond acceptors (Lipinski definition) is 3. The van der Waals surface area contributed by atoms with Crippen molar-refractivity contribution < 1.29 is 4.74 Å². The predicted octanol–water partition coefficient (Wildman–Crippen LogP) is 1.88. The Hall–Kier alpha value is -0.0800. The van der Waals surface area contributed by atoms with Crippen LogP contribution in [0.2, 0.25) is 0 Å². The molecule has 0 bridgehead atoms. The van der Waals surface area contributed by atoms with Crippen LogP contribution in [0.1, 0.15) is 26.2 Å². The van der Waals surface area contributed by atoms with Crippen LogP contribution < -0.4 is 5.32 Å². The lowest BCUT2D eigenvalue weighted by molar-refractivity contribution is 0.157. The molecule has 0 aliphatic carbocycles. The standard InChI is InChI=1S/C16H32N4O.HI/c1-4-17-16(20-9-7-15(12-20)13-21-3)18-10-14-6-5-8-19(2)11-14;/h14-15H,4-13H2,1-3H3,(H,17,18);1H. The Labute approximate surface area is 152 Å². The van der Waals surface area contributed by atoms with E-state index in [4.69, 9.17) is 9.73 Å². The summed E-state index contributed by atoms with van der Waals surface area (Å²) in [5, 5.41) is 3.46. The quantitative estimate of drug-likeness (QED) is 0.416. The minimum Gasteiger partial charge on any atom is -0.384 e. The molecule has 2 aliphatic heterocycles. The van der Waals surface area contributed by atoms with E-state index in [-0.39, 0.29) is 24.0 Å². The molecule has 22 heavy (non-hydrogen) atoms. The highest BCUT2D eigenvalue weighted by Crippen LogP contribution is 2.18. The van der Waals surface area contributed by atoms with Crippen molar-refractivity contribution in [3.63, 3.8) is 0 Å². The van der Waals surface area contributed by atoms with E-state index in [1.54, 1.807) is 7.11 Å². The number of aliphatic imine (C=N–C) groups is 1. The molecule has 1 N–H and O–H groups in total. The fourth-order valence-corrected chi connectivity index (χ4v) is 3.46. The largest absolute Gasteiger partial charge is 0.384 e. The maximum absolute atomic E-state index is 5.29. The third-order valence-electron chi connectivity index (χ3n) is 4.54. The van der Waals surface area contributed by atoms with Crippen molar-refractivity contribution in [1.82, 2.24) is 15.1 Å². The number of halogens is 1. The Morgan fingerprint density at radius 1 is 1.23 bits per heavy atom. The summed E-state index contributed by atoms with van der Waals surface area (Å²) in [6.07, 6.45) is 3.84. The highest BCUT2D eigenvalue weighted by molar-refractivity contribution is 14.0. The van der Waals surface area contributed by atoms with Gasteiger partial charge in [0, 0.05) is 45.8 Å². The van der Waals surface area contributed by atoms with Gasteiger partial charge in [-0.05, 0) is 45.7 Å². The van der Waals surface area contributed by atoms with E-state index < -0.39 is 0 Å². The summed E-state index contributed by atoms with van der Waals surface area (Å²) >= 11 is 0. The first-order chi connectivity index (χ1) is 10.2. The van der Waals surface area contributed by atoms with Crippen LogP contribution in [0.3, 0.4) is 0 Å². The molecule has 0 radical (unpaired) electrons. The lowest BCUT2D eigenvalue weighted by Crippen LogP contribution is -2.41. The fourth-order valence-electron chi connectivity index (χ4n) is 3.46.